The van der Waals surface area contributed by atoms with E-state index in [-0.39, 0.29) is 0 Å². The number of methoxy groups -OCH3 is 1. The molecule has 0 spiro atoms. The molecule has 1 aromatic rings. The predicted molar refractivity (Wildman–Crippen MR) is 116 cm³/mol. The number of ether oxygens (including phenoxy) is 2. The number of benzene rings is 1. The molecule has 0 aliphatic heterocycles. The van der Waals surface area contributed by atoms with Crippen molar-refractivity contribution in [2.24, 2.45) is 5.73 Å². The van der Waals surface area contributed by atoms with E-state index in [9.17, 15) is 0 Å². The fourth-order valence-corrected chi connectivity index (χ4v) is 3.19. The molecule has 2 N–H and O–H groups in total. The third kappa shape index (κ3) is 12.2. The maximum Gasteiger partial charge on any atom is 0.0716 e. The van der Waals surface area contributed by atoms with Crippen LogP contribution in [0.2, 0.25) is 0 Å². The zero-order chi connectivity index (χ0) is 19.6. The van der Waals surface area contributed by atoms with Crippen molar-refractivity contribution in [1.29, 1.82) is 0 Å². The van der Waals surface area contributed by atoms with Gasteiger partial charge in [-0.1, -0.05) is 63.3 Å². The van der Waals surface area contributed by atoms with Crippen molar-refractivity contribution in [1.82, 2.24) is 0 Å². The maximum absolute atomic E-state index is 5.67. The van der Waals surface area contributed by atoms with E-state index in [2.05, 4.69) is 31.2 Å². The van der Waals surface area contributed by atoms with Gasteiger partial charge >= 0.3 is 0 Å². The molecule has 1 fully saturated rings. The van der Waals surface area contributed by atoms with Gasteiger partial charge in [0, 0.05) is 20.3 Å². The zero-order valence-electron chi connectivity index (χ0n) is 17.9. The van der Waals surface area contributed by atoms with E-state index in [1.165, 1.54) is 68.9 Å². The molecule has 1 aliphatic carbocycles. The minimum atomic E-state index is 0.744. The minimum absolute atomic E-state index is 0.744. The fraction of sp³-hybridized carbons (Fsp3) is 0.750. The standard InChI is InChI=1S/C16H25NO.C8H18O/c17-11-2-1-3-12-18-13-14-7-9-16(10-8-14)15-5-4-6-15;1-3-4-5-6-7-8-9-2/h7-10,15H,1-6,11-13,17H2;3-8H2,1-2H3. The molecule has 27 heavy (non-hydrogen) atoms. The van der Waals surface area contributed by atoms with E-state index < -0.39 is 0 Å². The Morgan fingerprint density at radius 2 is 1.56 bits per heavy atom. The first kappa shape index (κ1) is 24.1. The van der Waals surface area contributed by atoms with Crippen molar-refractivity contribution < 1.29 is 9.47 Å². The van der Waals surface area contributed by atoms with Gasteiger partial charge in [0.05, 0.1) is 6.61 Å². The SMILES string of the molecule is CCCCCCCOC.NCCCCCOCc1ccc(C2CCC2)cc1. The molecule has 0 heterocycles. The minimum Gasteiger partial charge on any atom is -0.385 e. The summed E-state index contributed by atoms with van der Waals surface area (Å²) in [6.07, 6.45) is 14.2. The lowest BCUT2D eigenvalue weighted by atomic mass is 9.80. The van der Waals surface area contributed by atoms with Gasteiger partial charge in [-0.25, -0.2) is 0 Å². The summed E-state index contributed by atoms with van der Waals surface area (Å²) in [7, 11) is 1.76. The van der Waals surface area contributed by atoms with Gasteiger partial charge in [0.25, 0.3) is 0 Å². The number of hydrogen-bond donors (Lipinski definition) is 1. The lowest BCUT2D eigenvalue weighted by Gasteiger charge is -2.25. The Bertz CT molecular complexity index is 423. The fourth-order valence-electron chi connectivity index (χ4n) is 3.19. The van der Waals surface area contributed by atoms with E-state index in [1.54, 1.807) is 7.11 Å². The molecule has 0 atom stereocenters. The summed E-state index contributed by atoms with van der Waals surface area (Å²) < 4.78 is 10.6. The van der Waals surface area contributed by atoms with Gasteiger partial charge in [-0.2, -0.15) is 0 Å². The molecule has 2 rings (SSSR count). The molecule has 3 nitrogen and oxygen atoms in total. The number of unbranched alkanes of at least 4 members (excludes halogenated alkanes) is 6. The van der Waals surface area contributed by atoms with Crippen molar-refractivity contribution in [3.05, 3.63) is 35.4 Å². The van der Waals surface area contributed by atoms with Crippen molar-refractivity contribution >= 4 is 0 Å². The Hall–Kier alpha value is -0.900. The van der Waals surface area contributed by atoms with E-state index in [4.69, 9.17) is 15.2 Å². The smallest absolute Gasteiger partial charge is 0.0716 e. The number of nitrogens with two attached hydrogens (primary N) is 1. The average molecular weight is 378 g/mol. The Labute approximate surface area is 168 Å². The lowest BCUT2D eigenvalue weighted by Crippen LogP contribution is -2.08. The van der Waals surface area contributed by atoms with Crippen LogP contribution in [0, 0.1) is 0 Å². The molecule has 3 heteroatoms. The van der Waals surface area contributed by atoms with Crippen molar-refractivity contribution in [2.75, 3.05) is 26.9 Å². The van der Waals surface area contributed by atoms with E-state index in [1.807, 2.05) is 0 Å². The summed E-state index contributed by atoms with van der Waals surface area (Å²) in [6.45, 7) is 5.56. The van der Waals surface area contributed by atoms with Crippen LogP contribution in [0.5, 0.6) is 0 Å². The second kappa shape index (κ2) is 17.2. The van der Waals surface area contributed by atoms with E-state index in [0.29, 0.717) is 0 Å². The van der Waals surface area contributed by atoms with Gasteiger partial charge < -0.3 is 15.2 Å². The summed E-state index contributed by atoms with van der Waals surface area (Å²) in [5.41, 5.74) is 8.24. The second-order valence-corrected chi connectivity index (χ2v) is 7.68. The highest BCUT2D eigenvalue weighted by Crippen LogP contribution is 2.36. The van der Waals surface area contributed by atoms with Crippen LogP contribution in [0.3, 0.4) is 0 Å². The quantitative estimate of drug-likeness (QED) is 0.392. The maximum atomic E-state index is 5.67. The first-order valence-corrected chi connectivity index (χ1v) is 11.2. The van der Waals surface area contributed by atoms with E-state index in [0.717, 1.165) is 45.1 Å². The highest BCUT2D eigenvalue weighted by molar-refractivity contribution is 5.26. The first-order valence-electron chi connectivity index (χ1n) is 11.2. The van der Waals surface area contributed by atoms with Gasteiger partial charge in [0.15, 0.2) is 0 Å². The molecular weight excluding hydrogens is 334 g/mol. The molecule has 0 saturated heterocycles. The molecule has 0 bridgehead atoms. The summed E-state index contributed by atoms with van der Waals surface area (Å²) in [6, 6.07) is 8.98. The molecule has 1 saturated carbocycles. The second-order valence-electron chi connectivity index (χ2n) is 7.68. The normalized spacial score (nSPS) is 13.7. The molecule has 156 valence electrons. The van der Waals surface area contributed by atoms with Gasteiger partial charge in [0.1, 0.15) is 0 Å². The van der Waals surface area contributed by atoms with Gasteiger partial charge in [0.2, 0.25) is 0 Å². The van der Waals surface area contributed by atoms with Crippen LogP contribution in [0.25, 0.3) is 0 Å². The molecule has 0 radical (unpaired) electrons. The number of hydrogen-bond acceptors (Lipinski definition) is 3. The third-order valence-corrected chi connectivity index (χ3v) is 5.27. The van der Waals surface area contributed by atoms with Crippen molar-refractivity contribution in [3.63, 3.8) is 0 Å². The van der Waals surface area contributed by atoms with Crippen LogP contribution in [0.15, 0.2) is 24.3 Å². The number of rotatable bonds is 14. The van der Waals surface area contributed by atoms with Gasteiger partial charge in [-0.15, -0.1) is 0 Å². The third-order valence-electron chi connectivity index (χ3n) is 5.27. The van der Waals surface area contributed by atoms with Gasteiger partial charge in [-0.3, -0.25) is 0 Å². The largest absolute Gasteiger partial charge is 0.385 e. The summed E-state index contributed by atoms with van der Waals surface area (Å²) >= 11 is 0. The molecule has 1 aromatic carbocycles. The van der Waals surface area contributed by atoms with Crippen LogP contribution >= 0.6 is 0 Å². The summed E-state index contributed by atoms with van der Waals surface area (Å²) in [4.78, 5) is 0. The predicted octanol–water partition coefficient (Wildman–Crippen LogP) is 6.20. The Morgan fingerprint density at radius 3 is 2.15 bits per heavy atom. The summed E-state index contributed by atoms with van der Waals surface area (Å²) in [5, 5.41) is 0. The monoisotopic (exact) mass is 377 g/mol. The Balaban J connectivity index is 0.000000345. The Morgan fingerprint density at radius 1 is 0.889 bits per heavy atom. The molecule has 0 amide bonds. The first-order chi connectivity index (χ1) is 13.3. The van der Waals surface area contributed by atoms with Crippen LogP contribution in [0.4, 0.5) is 0 Å². The molecular formula is C24H43NO2. The van der Waals surface area contributed by atoms with Crippen LogP contribution in [-0.2, 0) is 16.1 Å². The van der Waals surface area contributed by atoms with Crippen LogP contribution < -0.4 is 5.73 Å². The molecule has 0 unspecified atom stereocenters. The van der Waals surface area contributed by atoms with Crippen molar-refractivity contribution in [3.8, 4) is 0 Å². The Kier molecular flexibility index (Phi) is 15.4. The van der Waals surface area contributed by atoms with Gasteiger partial charge in [-0.05, 0) is 62.1 Å². The topological polar surface area (TPSA) is 44.5 Å². The molecule has 1 aliphatic rings. The average Bonchev–Trinajstić information content (AvgIpc) is 2.65. The van der Waals surface area contributed by atoms with E-state index >= 15 is 0 Å². The summed E-state index contributed by atoms with van der Waals surface area (Å²) in [5.74, 6) is 0.830. The van der Waals surface area contributed by atoms with Crippen molar-refractivity contribution in [2.45, 2.75) is 90.1 Å². The van der Waals surface area contributed by atoms with Crippen LogP contribution in [-0.4, -0.2) is 26.9 Å². The zero-order valence-corrected chi connectivity index (χ0v) is 17.9. The molecule has 0 aromatic heterocycles. The van der Waals surface area contributed by atoms with Crippen LogP contribution in [0.1, 0.15) is 94.6 Å². The highest BCUT2D eigenvalue weighted by atomic mass is 16.5. The lowest BCUT2D eigenvalue weighted by molar-refractivity contribution is 0.117. The highest BCUT2D eigenvalue weighted by Gasteiger charge is 2.18.